The largest absolute Gasteiger partial charge is 0.462 e. The van der Waals surface area contributed by atoms with Gasteiger partial charge in [0.1, 0.15) is 22.1 Å². The lowest BCUT2D eigenvalue weighted by Gasteiger charge is -2.03. The summed E-state index contributed by atoms with van der Waals surface area (Å²) in [5, 5.41) is 0.380. The van der Waals surface area contributed by atoms with E-state index < -0.39 is 5.97 Å². The fraction of sp³-hybridized carbons (Fsp3) is 0.200. The second kappa shape index (κ2) is 7.59. The Kier molecular flexibility index (Phi) is 4.98. The van der Waals surface area contributed by atoms with Gasteiger partial charge >= 0.3 is 5.97 Å². The van der Waals surface area contributed by atoms with E-state index in [1.54, 1.807) is 26.0 Å². The number of hydrogen-bond donors (Lipinski definition) is 0. The number of aromatic nitrogens is 3. The van der Waals surface area contributed by atoms with Crippen molar-refractivity contribution >= 4 is 27.5 Å². The molecule has 0 spiro atoms. The van der Waals surface area contributed by atoms with Crippen LogP contribution in [0.25, 0.3) is 21.5 Å². The number of benzene rings is 1. The first-order valence-electron chi connectivity index (χ1n) is 8.84. The van der Waals surface area contributed by atoms with E-state index in [9.17, 15) is 14.0 Å². The summed E-state index contributed by atoms with van der Waals surface area (Å²) in [6, 6.07) is 5.84. The SMILES string of the molecule is CCOC(=O)c1sc2ncn(Cc3ncc(-c4ccc(F)cc4)o3)c(=O)c2c1C. The smallest absolute Gasteiger partial charge is 0.348 e. The minimum Gasteiger partial charge on any atom is -0.462 e. The number of hydrogen-bond acceptors (Lipinski definition) is 7. The van der Waals surface area contributed by atoms with Crippen molar-refractivity contribution < 1.29 is 18.3 Å². The topological polar surface area (TPSA) is 87.2 Å². The molecule has 0 saturated heterocycles. The molecule has 0 atom stereocenters. The fourth-order valence-electron chi connectivity index (χ4n) is 2.94. The van der Waals surface area contributed by atoms with E-state index >= 15 is 0 Å². The number of thiophene rings is 1. The van der Waals surface area contributed by atoms with Gasteiger partial charge in [0.2, 0.25) is 5.89 Å². The summed E-state index contributed by atoms with van der Waals surface area (Å²) in [7, 11) is 0. The van der Waals surface area contributed by atoms with Gasteiger partial charge in [0.15, 0.2) is 5.76 Å². The van der Waals surface area contributed by atoms with Crippen LogP contribution < -0.4 is 5.56 Å². The Hall–Kier alpha value is -3.33. The maximum atomic E-state index is 13.1. The van der Waals surface area contributed by atoms with E-state index in [0.717, 1.165) is 11.3 Å². The van der Waals surface area contributed by atoms with Crippen LogP contribution in [0.3, 0.4) is 0 Å². The normalized spacial score (nSPS) is 11.1. The molecule has 3 heterocycles. The molecule has 4 rings (SSSR count). The molecule has 29 heavy (non-hydrogen) atoms. The summed E-state index contributed by atoms with van der Waals surface area (Å²) in [6.45, 7) is 3.76. The number of aryl methyl sites for hydroxylation is 1. The van der Waals surface area contributed by atoms with Crippen molar-refractivity contribution in [1.29, 1.82) is 0 Å². The first-order chi connectivity index (χ1) is 14.0. The van der Waals surface area contributed by atoms with Crippen molar-refractivity contribution in [1.82, 2.24) is 14.5 Å². The molecular formula is C20H16FN3O4S. The van der Waals surface area contributed by atoms with E-state index in [2.05, 4.69) is 9.97 Å². The lowest BCUT2D eigenvalue weighted by Crippen LogP contribution is -2.21. The minimum absolute atomic E-state index is 0.0764. The highest BCUT2D eigenvalue weighted by atomic mass is 32.1. The Bertz CT molecular complexity index is 1260. The number of nitrogens with zero attached hydrogens (tertiary/aromatic N) is 3. The second-order valence-electron chi connectivity index (χ2n) is 6.26. The maximum absolute atomic E-state index is 13.1. The van der Waals surface area contributed by atoms with Gasteiger partial charge < -0.3 is 9.15 Å². The lowest BCUT2D eigenvalue weighted by molar-refractivity contribution is 0.0531. The van der Waals surface area contributed by atoms with Crippen molar-refractivity contribution in [3.63, 3.8) is 0 Å². The lowest BCUT2D eigenvalue weighted by atomic mass is 10.2. The van der Waals surface area contributed by atoms with Crippen LogP contribution >= 0.6 is 11.3 Å². The molecule has 0 radical (unpaired) electrons. The summed E-state index contributed by atoms with van der Waals surface area (Å²) >= 11 is 1.13. The second-order valence-corrected chi connectivity index (χ2v) is 7.26. The summed E-state index contributed by atoms with van der Waals surface area (Å²) in [5.41, 5.74) is 0.939. The zero-order chi connectivity index (χ0) is 20.5. The highest BCUT2D eigenvalue weighted by molar-refractivity contribution is 7.20. The van der Waals surface area contributed by atoms with Gasteiger partial charge in [0.25, 0.3) is 5.56 Å². The molecule has 4 aromatic rings. The first-order valence-corrected chi connectivity index (χ1v) is 9.66. The molecule has 0 aliphatic carbocycles. The molecule has 0 unspecified atom stereocenters. The Balaban J connectivity index is 1.66. The van der Waals surface area contributed by atoms with Crippen LogP contribution in [0.2, 0.25) is 0 Å². The van der Waals surface area contributed by atoms with Gasteiger partial charge in [-0.2, -0.15) is 0 Å². The predicted molar refractivity (Wildman–Crippen MR) is 106 cm³/mol. The molecule has 0 aliphatic heterocycles. The van der Waals surface area contributed by atoms with Crippen LogP contribution in [0.15, 0.2) is 46.0 Å². The quantitative estimate of drug-likeness (QED) is 0.463. The average Bonchev–Trinajstić information content (AvgIpc) is 3.30. The third-order valence-corrected chi connectivity index (χ3v) is 5.55. The van der Waals surface area contributed by atoms with Crippen LogP contribution in [0.1, 0.15) is 28.0 Å². The van der Waals surface area contributed by atoms with Crippen LogP contribution in [0.5, 0.6) is 0 Å². The molecule has 0 N–H and O–H groups in total. The molecule has 148 valence electrons. The average molecular weight is 413 g/mol. The number of ether oxygens (including phenoxy) is 1. The Morgan fingerprint density at radius 1 is 1.28 bits per heavy atom. The summed E-state index contributed by atoms with van der Waals surface area (Å²) < 4.78 is 25.2. The summed E-state index contributed by atoms with van der Waals surface area (Å²) in [5.74, 6) is -0.0206. The Morgan fingerprint density at radius 3 is 2.76 bits per heavy atom. The molecule has 7 nitrogen and oxygen atoms in total. The first kappa shape index (κ1) is 19.0. The van der Waals surface area contributed by atoms with Gasteiger partial charge in [0, 0.05) is 5.56 Å². The third kappa shape index (κ3) is 3.56. The predicted octanol–water partition coefficient (Wildman–Crippen LogP) is 3.79. The third-order valence-electron chi connectivity index (χ3n) is 4.37. The van der Waals surface area contributed by atoms with Crippen LogP contribution in [0, 0.1) is 12.7 Å². The molecule has 0 amide bonds. The molecule has 1 aromatic carbocycles. The van der Waals surface area contributed by atoms with Crippen molar-refractivity contribution in [2.24, 2.45) is 0 Å². The Labute approximate surface area is 168 Å². The zero-order valence-corrected chi connectivity index (χ0v) is 16.5. The molecule has 0 saturated carbocycles. The van der Waals surface area contributed by atoms with Gasteiger partial charge in [-0.1, -0.05) is 0 Å². The molecule has 0 bridgehead atoms. The van der Waals surface area contributed by atoms with E-state index in [1.807, 2.05) is 0 Å². The van der Waals surface area contributed by atoms with Gasteiger partial charge in [-0.15, -0.1) is 11.3 Å². The number of esters is 1. The number of carbonyl (C=O) groups excluding carboxylic acids is 1. The maximum Gasteiger partial charge on any atom is 0.348 e. The fourth-order valence-corrected chi connectivity index (χ4v) is 3.97. The number of carbonyl (C=O) groups is 1. The number of halogens is 1. The van der Waals surface area contributed by atoms with E-state index in [1.165, 1.54) is 29.2 Å². The molecule has 3 aromatic heterocycles. The molecule has 9 heteroatoms. The zero-order valence-electron chi connectivity index (χ0n) is 15.6. The number of rotatable bonds is 5. The van der Waals surface area contributed by atoms with Crippen molar-refractivity contribution in [3.8, 4) is 11.3 Å². The van der Waals surface area contributed by atoms with Crippen molar-refractivity contribution in [2.45, 2.75) is 20.4 Å². The highest BCUT2D eigenvalue weighted by Gasteiger charge is 2.20. The van der Waals surface area contributed by atoms with Gasteiger partial charge in [0.05, 0.1) is 24.5 Å². The van der Waals surface area contributed by atoms with E-state index in [0.29, 0.717) is 37.9 Å². The standard InChI is InChI=1S/C20H16FN3O4S/c1-3-27-20(26)17-11(2)16-18(29-17)23-10-24(19(16)25)9-15-22-8-14(28-15)12-4-6-13(21)7-5-12/h4-8,10H,3,9H2,1-2H3. The van der Waals surface area contributed by atoms with Gasteiger partial charge in [-0.25, -0.2) is 19.2 Å². The minimum atomic E-state index is -0.462. The van der Waals surface area contributed by atoms with E-state index in [4.69, 9.17) is 9.15 Å². The summed E-state index contributed by atoms with van der Waals surface area (Å²) in [4.78, 5) is 34.4. The van der Waals surface area contributed by atoms with Gasteiger partial charge in [-0.3, -0.25) is 9.36 Å². The van der Waals surface area contributed by atoms with E-state index in [-0.39, 0.29) is 24.5 Å². The summed E-state index contributed by atoms with van der Waals surface area (Å²) in [6.07, 6.45) is 2.92. The number of fused-ring (bicyclic) bond motifs is 1. The molecular weight excluding hydrogens is 397 g/mol. The van der Waals surface area contributed by atoms with Crippen LogP contribution in [0.4, 0.5) is 4.39 Å². The van der Waals surface area contributed by atoms with Crippen LogP contribution in [-0.4, -0.2) is 27.1 Å². The monoisotopic (exact) mass is 413 g/mol. The molecule has 0 fully saturated rings. The Morgan fingerprint density at radius 2 is 2.03 bits per heavy atom. The van der Waals surface area contributed by atoms with Crippen LogP contribution in [-0.2, 0) is 11.3 Å². The highest BCUT2D eigenvalue weighted by Crippen LogP contribution is 2.27. The number of oxazole rings is 1. The van der Waals surface area contributed by atoms with Gasteiger partial charge in [-0.05, 0) is 43.7 Å². The van der Waals surface area contributed by atoms with Crippen molar-refractivity contribution in [3.05, 3.63) is 69.3 Å². The van der Waals surface area contributed by atoms with Crippen molar-refractivity contribution in [2.75, 3.05) is 6.61 Å². The molecule has 0 aliphatic rings.